The molecular formula is C18H18BrN5S. The molecule has 1 aliphatic heterocycles. The summed E-state index contributed by atoms with van der Waals surface area (Å²) in [6, 6.07) is 20.6. The molecule has 1 atom stereocenters. The topological polar surface area (TPSA) is 40.5 Å². The van der Waals surface area contributed by atoms with E-state index in [1.54, 1.807) is 11.3 Å². The molecule has 2 heterocycles. The van der Waals surface area contributed by atoms with Crippen molar-refractivity contribution in [1.29, 1.82) is 0 Å². The van der Waals surface area contributed by atoms with Gasteiger partial charge in [0.05, 0.1) is 12.1 Å². The summed E-state index contributed by atoms with van der Waals surface area (Å²) in [5.74, 6) is 0.915. The number of benzene rings is 2. The fourth-order valence-electron chi connectivity index (χ4n) is 3.07. The van der Waals surface area contributed by atoms with E-state index < -0.39 is 0 Å². The van der Waals surface area contributed by atoms with Gasteiger partial charge in [0.15, 0.2) is 5.69 Å². The molecule has 1 N–H and O–H groups in total. The number of halogens is 1. The van der Waals surface area contributed by atoms with Crippen LogP contribution in [0.15, 0.2) is 77.3 Å². The molecule has 3 aromatic rings. The third-order valence-corrected chi connectivity index (χ3v) is 4.94. The van der Waals surface area contributed by atoms with E-state index in [0.717, 1.165) is 28.8 Å². The Morgan fingerprint density at radius 3 is 2.32 bits per heavy atom. The molecule has 0 saturated heterocycles. The second-order valence-electron chi connectivity index (χ2n) is 5.40. The second-order valence-corrected chi connectivity index (χ2v) is 6.28. The van der Waals surface area contributed by atoms with Crippen LogP contribution in [-0.2, 0) is 0 Å². The predicted molar refractivity (Wildman–Crippen MR) is 98.5 cm³/mol. The monoisotopic (exact) mass is 415 g/mol. The molecular weight excluding hydrogens is 398 g/mol. The average Bonchev–Trinajstić information content (AvgIpc) is 3.31. The summed E-state index contributed by atoms with van der Waals surface area (Å²) in [6.45, 7) is 2.88. The lowest BCUT2D eigenvalue weighted by molar-refractivity contribution is -0.00000481. The third-order valence-electron chi connectivity index (χ3n) is 4.10. The van der Waals surface area contributed by atoms with Gasteiger partial charge < -0.3 is 17.0 Å². The summed E-state index contributed by atoms with van der Waals surface area (Å²) in [6.07, 6.45) is 1.84. The molecule has 1 unspecified atom stereocenters. The number of rotatable bonds is 4. The highest BCUT2D eigenvalue weighted by Gasteiger charge is 2.53. The van der Waals surface area contributed by atoms with Gasteiger partial charge in [0.1, 0.15) is 0 Å². The fraction of sp³-hybridized carbons (Fsp3) is 0.111. The average molecular weight is 416 g/mol. The standard InChI is InChI=1S/C18H18N5S.BrH/c1-2-22-21-20-17(15-9-5-3-6-10-15)23(22,18-19-13-14-24-18)16-11-7-4-8-12-16;/h3-14,21H,2H2,1H3;1H/q+1;/p-1. The number of para-hydroxylation sites is 1. The molecule has 0 saturated carbocycles. The van der Waals surface area contributed by atoms with Crippen molar-refractivity contribution in [3.8, 4) is 0 Å². The molecule has 0 bridgehead atoms. The summed E-state index contributed by atoms with van der Waals surface area (Å²) in [5.41, 5.74) is 5.36. The largest absolute Gasteiger partial charge is 1.00 e. The molecule has 0 amide bonds. The van der Waals surface area contributed by atoms with E-state index >= 15 is 0 Å². The molecule has 5 nitrogen and oxygen atoms in total. The van der Waals surface area contributed by atoms with Gasteiger partial charge in [-0.1, -0.05) is 52.3 Å². The van der Waals surface area contributed by atoms with Gasteiger partial charge in [-0.2, -0.15) is 10.5 Å². The lowest BCUT2D eigenvalue weighted by atomic mass is 10.1. The van der Waals surface area contributed by atoms with Crippen molar-refractivity contribution in [2.24, 2.45) is 5.10 Å². The predicted octanol–water partition coefficient (Wildman–Crippen LogP) is 0.903. The van der Waals surface area contributed by atoms with E-state index in [1.165, 1.54) is 0 Å². The first-order chi connectivity index (χ1) is 11.9. The van der Waals surface area contributed by atoms with Crippen molar-refractivity contribution in [2.45, 2.75) is 6.92 Å². The zero-order chi connectivity index (χ0) is 16.4. The van der Waals surface area contributed by atoms with Gasteiger partial charge in [0.25, 0.3) is 5.84 Å². The maximum atomic E-state index is 4.68. The first-order valence-electron chi connectivity index (χ1n) is 7.89. The number of hydrazine groups is 1. The van der Waals surface area contributed by atoms with E-state index in [2.05, 4.69) is 64.1 Å². The summed E-state index contributed by atoms with van der Waals surface area (Å²) >= 11 is 1.63. The minimum Gasteiger partial charge on any atom is -1.00 e. The highest BCUT2D eigenvalue weighted by atomic mass is 79.9. The van der Waals surface area contributed by atoms with Crippen LogP contribution in [-0.4, -0.2) is 22.5 Å². The van der Waals surface area contributed by atoms with E-state index in [1.807, 2.05) is 35.8 Å². The summed E-state index contributed by atoms with van der Waals surface area (Å²) in [5, 5.41) is 9.73. The Balaban J connectivity index is 0.00000182. The van der Waals surface area contributed by atoms with Crippen molar-refractivity contribution < 1.29 is 17.0 Å². The Labute approximate surface area is 161 Å². The molecule has 0 fully saturated rings. The summed E-state index contributed by atoms with van der Waals surface area (Å²) in [4.78, 5) is 4.65. The van der Waals surface area contributed by atoms with Crippen LogP contribution >= 0.6 is 11.3 Å². The number of hydrogen-bond donors (Lipinski definition) is 1. The normalized spacial score (nSPS) is 19.8. The number of hydrogen-bond acceptors (Lipinski definition) is 5. The van der Waals surface area contributed by atoms with Crippen molar-refractivity contribution in [1.82, 2.24) is 20.2 Å². The maximum absolute atomic E-state index is 4.68. The lowest BCUT2D eigenvalue weighted by Crippen LogP contribution is -3.00. The number of nitrogens with one attached hydrogen (secondary N) is 1. The highest BCUT2D eigenvalue weighted by molar-refractivity contribution is 7.13. The number of amidine groups is 1. The first-order valence-corrected chi connectivity index (χ1v) is 8.77. The lowest BCUT2D eigenvalue weighted by Gasteiger charge is -2.35. The van der Waals surface area contributed by atoms with Crippen LogP contribution in [0.1, 0.15) is 12.5 Å². The Kier molecular flexibility index (Phi) is 5.29. The number of quaternary nitrogens is 1. The summed E-state index contributed by atoms with van der Waals surface area (Å²) in [7, 11) is 0. The van der Waals surface area contributed by atoms with Crippen LogP contribution in [0.25, 0.3) is 0 Å². The molecule has 25 heavy (non-hydrogen) atoms. The van der Waals surface area contributed by atoms with Gasteiger partial charge >= 0.3 is 5.13 Å². The van der Waals surface area contributed by atoms with E-state index in [9.17, 15) is 0 Å². The maximum Gasteiger partial charge on any atom is 0.319 e. The van der Waals surface area contributed by atoms with Crippen molar-refractivity contribution in [3.05, 3.63) is 77.8 Å². The van der Waals surface area contributed by atoms with Gasteiger partial charge in [0.2, 0.25) is 0 Å². The minimum atomic E-state index is 0. The Bertz CT molecular complexity index is 838. The zero-order valence-electron chi connectivity index (χ0n) is 13.7. The Morgan fingerprint density at radius 1 is 1.04 bits per heavy atom. The van der Waals surface area contributed by atoms with E-state index in [4.69, 9.17) is 0 Å². The van der Waals surface area contributed by atoms with Crippen LogP contribution in [0.2, 0.25) is 0 Å². The Morgan fingerprint density at radius 2 is 1.72 bits per heavy atom. The zero-order valence-corrected chi connectivity index (χ0v) is 16.1. The molecule has 4 rings (SSSR count). The van der Waals surface area contributed by atoms with Crippen LogP contribution < -0.4 is 27.1 Å². The van der Waals surface area contributed by atoms with Crippen molar-refractivity contribution >= 4 is 28.0 Å². The van der Waals surface area contributed by atoms with Crippen molar-refractivity contribution in [3.63, 3.8) is 0 Å². The first kappa shape index (κ1) is 17.8. The fourth-order valence-corrected chi connectivity index (χ4v) is 3.87. The quantitative estimate of drug-likeness (QED) is 0.643. The van der Waals surface area contributed by atoms with Gasteiger partial charge in [-0.05, 0) is 24.2 Å². The summed E-state index contributed by atoms with van der Waals surface area (Å²) < 4.78 is 0.346. The third kappa shape index (κ3) is 2.79. The smallest absolute Gasteiger partial charge is 0.319 e. The molecule has 0 aliphatic carbocycles. The molecule has 1 aliphatic rings. The SMILES string of the molecule is CCN1NN=C(c2ccccc2)[N+]1(c1ccccc1)c1nccs1.[Br-]. The van der Waals surface area contributed by atoms with Gasteiger partial charge in [0, 0.05) is 23.7 Å². The number of aromatic nitrogens is 1. The number of hydrazone groups is 1. The molecule has 7 heteroatoms. The molecule has 0 spiro atoms. The van der Waals surface area contributed by atoms with Gasteiger partial charge in [-0.25, -0.2) is 0 Å². The molecule has 0 radical (unpaired) electrons. The van der Waals surface area contributed by atoms with Crippen LogP contribution in [0.5, 0.6) is 0 Å². The van der Waals surface area contributed by atoms with Gasteiger partial charge in [-0.3, -0.25) is 0 Å². The molecule has 1 aromatic heterocycles. The Hall–Kier alpha value is -2.06. The van der Waals surface area contributed by atoms with Crippen LogP contribution in [0.4, 0.5) is 10.8 Å². The highest BCUT2D eigenvalue weighted by Crippen LogP contribution is 2.41. The number of nitrogens with zero attached hydrogens (tertiary/aromatic N) is 4. The van der Waals surface area contributed by atoms with E-state index in [0.29, 0.717) is 4.59 Å². The molecule has 128 valence electrons. The minimum absolute atomic E-state index is 0. The van der Waals surface area contributed by atoms with Crippen LogP contribution in [0, 0.1) is 0 Å². The molecule has 2 aromatic carbocycles. The van der Waals surface area contributed by atoms with Crippen molar-refractivity contribution in [2.75, 3.05) is 6.54 Å². The van der Waals surface area contributed by atoms with E-state index in [-0.39, 0.29) is 17.0 Å². The second kappa shape index (κ2) is 7.45. The van der Waals surface area contributed by atoms with Crippen LogP contribution in [0.3, 0.4) is 0 Å². The number of thiazole rings is 1. The van der Waals surface area contributed by atoms with Gasteiger partial charge in [-0.15, -0.1) is 5.10 Å².